The van der Waals surface area contributed by atoms with Crippen LogP contribution in [-0.2, 0) is 0 Å². The molecule has 1 nitrogen and oxygen atoms in total. The van der Waals surface area contributed by atoms with Crippen molar-refractivity contribution in [2.24, 2.45) is 5.41 Å². The zero-order chi connectivity index (χ0) is 10.3. The fourth-order valence-corrected chi connectivity index (χ4v) is 1.10. The van der Waals surface area contributed by atoms with Gasteiger partial charge in [0.15, 0.2) is 0 Å². The minimum Gasteiger partial charge on any atom is -0.389 e. The van der Waals surface area contributed by atoms with Crippen molar-refractivity contribution in [1.82, 2.24) is 0 Å². The van der Waals surface area contributed by atoms with Crippen LogP contribution >= 0.6 is 0 Å². The monoisotopic (exact) mass is 184 g/mol. The number of hydrogen-bond donors (Lipinski definition) is 1. The van der Waals surface area contributed by atoms with Gasteiger partial charge in [-0.2, -0.15) is 0 Å². The Morgan fingerprint density at radius 1 is 1.23 bits per heavy atom. The van der Waals surface area contributed by atoms with Gasteiger partial charge in [-0.25, -0.2) is 0 Å². The lowest BCUT2D eigenvalue weighted by atomic mass is 9.95. The van der Waals surface area contributed by atoms with Crippen molar-refractivity contribution in [3.8, 4) is 0 Å². The van der Waals surface area contributed by atoms with E-state index in [1.54, 1.807) is 0 Å². The Labute approximate surface area is 82.9 Å². The van der Waals surface area contributed by atoms with Crippen LogP contribution in [0.5, 0.6) is 0 Å². The van der Waals surface area contributed by atoms with Gasteiger partial charge in [0.25, 0.3) is 0 Å². The number of rotatable bonds is 5. The van der Waals surface area contributed by atoms with Gasteiger partial charge in [-0.3, -0.25) is 0 Å². The van der Waals surface area contributed by atoms with E-state index in [1.807, 2.05) is 6.08 Å². The smallest absolute Gasteiger partial charge is 0.0721 e. The van der Waals surface area contributed by atoms with E-state index in [4.69, 9.17) is 0 Å². The van der Waals surface area contributed by atoms with Crippen molar-refractivity contribution in [2.75, 3.05) is 0 Å². The lowest BCUT2D eigenvalue weighted by Gasteiger charge is -2.13. The molecule has 0 aliphatic rings. The largest absolute Gasteiger partial charge is 0.389 e. The Morgan fingerprint density at radius 2 is 1.85 bits per heavy atom. The van der Waals surface area contributed by atoms with Gasteiger partial charge in [0, 0.05) is 0 Å². The zero-order valence-corrected chi connectivity index (χ0v) is 9.51. The van der Waals surface area contributed by atoms with E-state index in [0.717, 1.165) is 12.8 Å². The maximum Gasteiger partial charge on any atom is 0.0721 e. The van der Waals surface area contributed by atoms with Gasteiger partial charge in [0.1, 0.15) is 0 Å². The highest BCUT2D eigenvalue weighted by Crippen LogP contribution is 2.15. The highest BCUT2D eigenvalue weighted by molar-refractivity contribution is 4.96. The molecule has 0 aliphatic carbocycles. The van der Waals surface area contributed by atoms with Gasteiger partial charge in [-0.15, -0.1) is 0 Å². The van der Waals surface area contributed by atoms with Crippen LogP contribution in [0.4, 0.5) is 0 Å². The molecule has 0 bridgehead atoms. The molecule has 0 amide bonds. The van der Waals surface area contributed by atoms with Crippen molar-refractivity contribution in [2.45, 2.75) is 59.5 Å². The molecule has 78 valence electrons. The summed E-state index contributed by atoms with van der Waals surface area (Å²) in [5.74, 6) is 0. The molecule has 13 heavy (non-hydrogen) atoms. The lowest BCUT2D eigenvalue weighted by Crippen LogP contribution is -2.05. The topological polar surface area (TPSA) is 20.2 Å². The van der Waals surface area contributed by atoms with Crippen molar-refractivity contribution >= 4 is 0 Å². The molecule has 1 atom stereocenters. The molecule has 0 saturated carbocycles. The molecule has 1 N–H and O–H groups in total. The Kier molecular flexibility index (Phi) is 6.06. The summed E-state index contributed by atoms with van der Waals surface area (Å²) in [6.07, 6.45) is 8.24. The van der Waals surface area contributed by atoms with Gasteiger partial charge in [-0.05, 0) is 11.8 Å². The summed E-state index contributed by atoms with van der Waals surface area (Å²) in [6, 6.07) is 0. The number of unbranched alkanes of at least 4 members (excludes halogenated alkanes) is 2. The predicted octanol–water partition coefficient (Wildman–Crippen LogP) is 3.53. The first-order valence-corrected chi connectivity index (χ1v) is 5.33. The van der Waals surface area contributed by atoms with Crippen molar-refractivity contribution in [3.05, 3.63) is 12.2 Å². The van der Waals surface area contributed by atoms with E-state index in [2.05, 4.69) is 33.8 Å². The second-order valence-electron chi connectivity index (χ2n) is 4.79. The highest BCUT2D eigenvalue weighted by Gasteiger charge is 2.05. The number of allylic oxidation sites excluding steroid dienone is 1. The minimum absolute atomic E-state index is 0.186. The first-order chi connectivity index (χ1) is 5.95. The van der Waals surface area contributed by atoms with E-state index in [-0.39, 0.29) is 11.5 Å². The Hall–Kier alpha value is -0.300. The molecule has 0 aliphatic heterocycles. The summed E-state index contributed by atoms with van der Waals surface area (Å²) in [5, 5.41) is 9.55. The van der Waals surface area contributed by atoms with E-state index in [0.29, 0.717) is 0 Å². The molecule has 0 aromatic heterocycles. The fraction of sp³-hybridized carbons (Fsp3) is 0.833. The summed E-state index contributed by atoms with van der Waals surface area (Å²) in [4.78, 5) is 0. The van der Waals surface area contributed by atoms with E-state index < -0.39 is 0 Å². The van der Waals surface area contributed by atoms with E-state index in [9.17, 15) is 5.11 Å². The first kappa shape index (κ1) is 12.7. The average molecular weight is 184 g/mol. The molecular formula is C12H24O. The molecule has 0 rings (SSSR count). The Balaban J connectivity index is 3.61. The van der Waals surface area contributed by atoms with Crippen LogP contribution < -0.4 is 0 Å². The van der Waals surface area contributed by atoms with Gasteiger partial charge in [0.05, 0.1) is 6.10 Å². The summed E-state index contributed by atoms with van der Waals surface area (Å²) in [6.45, 7) is 8.60. The number of aliphatic hydroxyl groups is 1. The highest BCUT2D eigenvalue weighted by atomic mass is 16.3. The second-order valence-corrected chi connectivity index (χ2v) is 4.79. The quantitative estimate of drug-likeness (QED) is 0.512. The van der Waals surface area contributed by atoms with Gasteiger partial charge in [0.2, 0.25) is 0 Å². The molecular weight excluding hydrogens is 160 g/mol. The summed E-state index contributed by atoms with van der Waals surface area (Å²) >= 11 is 0. The number of hydrogen-bond acceptors (Lipinski definition) is 1. The molecule has 0 fully saturated rings. The van der Waals surface area contributed by atoms with Crippen LogP contribution in [0.1, 0.15) is 53.4 Å². The Bertz CT molecular complexity index is 142. The van der Waals surface area contributed by atoms with E-state index in [1.165, 1.54) is 12.8 Å². The van der Waals surface area contributed by atoms with Gasteiger partial charge >= 0.3 is 0 Å². The van der Waals surface area contributed by atoms with Crippen LogP contribution in [0.25, 0.3) is 0 Å². The third-order valence-corrected chi connectivity index (χ3v) is 1.92. The van der Waals surface area contributed by atoms with Gasteiger partial charge < -0.3 is 5.11 Å². The summed E-state index contributed by atoms with van der Waals surface area (Å²) < 4.78 is 0. The van der Waals surface area contributed by atoms with Crippen LogP contribution in [0.15, 0.2) is 12.2 Å². The van der Waals surface area contributed by atoms with Crippen molar-refractivity contribution in [1.29, 1.82) is 0 Å². The van der Waals surface area contributed by atoms with Gasteiger partial charge in [-0.1, -0.05) is 59.1 Å². The van der Waals surface area contributed by atoms with Crippen molar-refractivity contribution in [3.63, 3.8) is 0 Å². The third-order valence-electron chi connectivity index (χ3n) is 1.92. The van der Waals surface area contributed by atoms with Crippen LogP contribution in [-0.4, -0.2) is 11.2 Å². The average Bonchev–Trinajstić information content (AvgIpc) is 2.00. The van der Waals surface area contributed by atoms with Crippen molar-refractivity contribution < 1.29 is 5.11 Å². The SMILES string of the molecule is CCCCC[C@H](O)/C=C/C(C)(C)C. The molecule has 0 spiro atoms. The maximum atomic E-state index is 9.55. The second kappa shape index (κ2) is 6.20. The third kappa shape index (κ3) is 9.62. The standard InChI is InChI=1S/C12H24O/c1-5-6-7-8-11(13)9-10-12(2,3)4/h9-11,13H,5-8H2,1-4H3/b10-9+/t11-/m0/s1. The first-order valence-electron chi connectivity index (χ1n) is 5.33. The molecule has 0 aromatic rings. The lowest BCUT2D eigenvalue weighted by molar-refractivity contribution is 0.207. The van der Waals surface area contributed by atoms with Crippen LogP contribution in [0.3, 0.4) is 0 Å². The number of aliphatic hydroxyl groups excluding tert-OH is 1. The predicted molar refractivity (Wildman–Crippen MR) is 58.7 cm³/mol. The normalized spacial score (nSPS) is 15.2. The molecule has 0 heterocycles. The molecule has 0 saturated heterocycles. The van der Waals surface area contributed by atoms with E-state index >= 15 is 0 Å². The Morgan fingerprint density at radius 3 is 2.31 bits per heavy atom. The molecule has 1 heteroatoms. The molecule has 0 unspecified atom stereocenters. The summed E-state index contributed by atoms with van der Waals surface area (Å²) in [7, 11) is 0. The zero-order valence-electron chi connectivity index (χ0n) is 9.51. The maximum absolute atomic E-state index is 9.55. The minimum atomic E-state index is -0.245. The fourth-order valence-electron chi connectivity index (χ4n) is 1.10. The van der Waals surface area contributed by atoms with Crippen LogP contribution in [0.2, 0.25) is 0 Å². The summed E-state index contributed by atoms with van der Waals surface area (Å²) in [5.41, 5.74) is 0.186. The van der Waals surface area contributed by atoms with Crippen LogP contribution in [0, 0.1) is 5.41 Å². The molecule has 0 radical (unpaired) electrons. The molecule has 0 aromatic carbocycles.